The van der Waals surface area contributed by atoms with Crippen LogP contribution in [0.3, 0.4) is 0 Å². The molecule has 0 unspecified atom stereocenters. The van der Waals surface area contributed by atoms with E-state index in [-0.39, 0.29) is 18.4 Å². The van der Waals surface area contributed by atoms with Crippen LogP contribution in [0.5, 0.6) is 17.2 Å². The Kier molecular flexibility index (Phi) is 5.92. The van der Waals surface area contributed by atoms with Crippen LogP contribution in [-0.2, 0) is 29.0 Å². The lowest BCUT2D eigenvalue weighted by Gasteiger charge is -2.33. The van der Waals surface area contributed by atoms with Crippen LogP contribution < -0.4 is 14.4 Å². The van der Waals surface area contributed by atoms with Crippen molar-refractivity contribution in [2.75, 3.05) is 25.1 Å². The molecule has 0 atom stereocenters. The van der Waals surface area contributed by atoms with E-state index >= 15 is 0 Å². The summed E-state index contributed by atoms with van der Waals surface area (Å²) in [5.41, 5.74) is 4.25. The average molecular weight is 458 g/mol. The van der Waals surface area contributed by atoms with Gasteiger partial charge in [-0.05, 0) is 66.3 Å². The number of amides is 2. The number of hydrogen-bond donors (Lipinski definition) is 0. The summed E-state index contributed by atoms with van der Waals surface area (Å²) < 4.78 is 11.3. The van der Waals surface area contributed by atoms with Crippen LogP contribution >= 0.6 is 0 Å². The van der Waals surface area contributed by atoms with Gasteiger partial charge in [-0.3, -0.25) is 14.5 Å². The van der Waals surface area contributed by atoms with Crippen molar-refractivity contribution in [1.82, 2.24) is 9.88 Å². The van der Waals surface area contributed by atoms with Crippen molar-refractivity contribution in [3.05, 3.63) is 77.0 Å². The summed E-state index contributed by atoms with van der Waals surface area (Å²) in [6, 6.07) is 15.7. The predicted molar refractivity (Wildman–Crippen MR) is 128 cm³/mol. The number of anilines is 1. The van der Waals surface area contributed by atoms with Gasteiger partial charge >= 0.3 is 0 Å². The van der Waals surface area contributed by atoms with Gasteiger partial charge in [0.2, 0.25) is 11.8 Å². The standard InChI is InChI=1S/C27H27N3O4/c1-18-5-3-4-6-24(18)34-23-13-20-8-10-25(31)30(27(20)28-15-23)17-26(32)29-12-11-19-7-9-22(33-2)14-21(19)16-29/h3-7,9,13-15H,8,10-12,16-17H2,1-2H3. The van der Waals surface area contributed by atoms with Crippen LogP contribution in [0, 0.1) is 6.92 Å². The van der Waals surface area contributed by atoms with Crippen molar-refractivity contribution in [3.63, 3.8) is 0 Å². The van der Waals surface area contributed by atoms with E-state index < -0.39 is 0 Å². The molecule has 0 N–H and O–H groups in total. The second-order valence-corrected chi connectivity index (χ2v) is 8.70. The maximum atomic E-state index is 13.2. The molecule has 7 heteroatoms. The van der Waals surface area contributed by atoms with Gasteiger partial charge in [0.15, 0.2) is 0 Å². The predicted octanol–water partition coefficient (Wildman–Crippen LogP) is 4.06. The number of aromatic nitrogens is 1. The molecule has 0 fully saturated rings. The summed E-state index contributed by atoms with van der Waals surface area (Å²) in [6.45, 7) is 3.11. The number of carbonyl (C=O) groups is 2. The lowest BCUT2D eigenvalue weighted by Crippen LogP contribution is -2.46. The van der Waals surface area contributed by atoms with E-state index in [0.717, 1.165) is 34.6 Å². The van der Waals surface area contributed by atoms with Gasteiger partial charge < -0.3 is 14.4 Å². The smallest absolute Gasteiger partial charge is 0.243 e. The molecule has 0 bridgehead atoms. The number of rotatable bonds is 5. The zero-order valence-corrected chi connectivity index (χ0v) is 19.4. The number of fused-ring (bicyclic) bond motifs is 2. The van der Waals surface area contributed by atoms with Crippen molar-refractivity contribution in [1.29, 1.82) is 0 Å². The molecule has 2 aliphatic rings. The number of para-hydroxylation sites is 1. The fraction of sp³-hybridized carbons (Fsp3) is 0.296. The first-order valence-electron chi connectivity index (χ1n) is 11.5. The molecular weight excluding hydrogens is 430 g/mol. The van der Waals surface area contributed by atoms with Gasteiger partial charge in [0.1, 0.15) is 29.6 Å². The molecule has 0 radical (unpaired) electrons. The van der Waals surface area contributed by atoms with Crippen molar-refractivity contribution in [2.45, 2.75) is 32.7 Å². The lowest BCUT2D eigenvalue weighted by molar-refractivity contribution is -0.132. The minimum atomic E-state index is -0.0864. The Morgan fingerprint density at radius 1 is 1.00 bits per heavy atom. The van der Waals surface area contributed by atoms with E-state index in [1.54, 1.807) is 18.2 Å². The van der Waals surface area contributed by atoms with E-state index in [4.69, 9.17) is 9.47 Å². The third kappa shape index (κ3) is 4.33. The van der Waals surface area contributed by atoms with Gasteiger partial charge in [-0.1, -0.05) is 24.3 Å². The van der Waals surface area contributed by atoms with Crippen LogP contribution in [0.1, 0.15) is 28.7 Å². The highest BCUT2D eigenvalue weighted by atomic mass is 16.5. The Hall–Kier alpha value is -3.87. The number of hydrogen-bond acceptors (Lipinski definition) is 5. The van der Waals surface area contributed by atoms with E-state index in [9.17, 15) is 9.59 Å². The third-order valence-corrected chi connectivity index (χ3v) is 6.48. The second-order valence-electron chi connectivity index (χ2n) is 8.70. The van der Waals surface area contributed by atoms with E-state index in [0.29, 0.717) is 37.5 Å². The van der Waals surface area contributed by atoms with Gasteiger partial charge in [-0.2, -0.15) is 0 Å². The molecule has 0 saturated carbocycles. The fourth-order valence-corrected chi connectivity index (χ4v) is 4.53. The molecule has 5 rings (SSSR count). The van der Waals surface area contributed by atoms with Crippen LogP contribution in [0.4, 0.5) is 5.82 Å². The van der Waals surface area contributed by atoms with Crippen molar-refractivity contribution >= 4 is 17.6 Å². The Morgan fingerprint density at radius 3 is 2.65 bits per heavy atom. The van der Waals surface area contributed by atoms with Crippen molar-refractivity contribution in [2.24, 2.45) is 0 Å². The molecule has 3 heterocycles. The Bertz CT molecular complexity index is 1260. The number of benzene rings is 2. The summed E-state index contributed by atoms with van der Waals surface area (Å²) in [4.78, 5) is 33.8. The lowest BCUT2D eigenvalue weighted by atomic mass is 9.99. The molecule has 174 valence electrons. The third-order valence-electron chi connectivity index (χ3n) is 6.48. The highest BCUT2D eigenvalue weighted by Crippen LogP contribution is 2.32. The maximum Gasteiger partial charge on any atom is 0.243 e. The Labute approximate surface area is 198 Å². The van der Waals surface area contributed by atoms with Gasteiger partial charge in [0, 0.05) is 19.5 Å². The Balaban J connectivity index is 1.32. The monoisotopic (exact) mass is 457 g/mol. The molecule has 0 saturated heterocycles. The molecular formula is C27H27N3O4. The van der Waals surface area contributed by atoms with Crippen molar-refractivity contribution in [3.8, 4) is 17.2 Å². The largest absolute Gasteiger partial charge is 0.497 e. The zero-order chi connectivity index (χ0) is 23.7. The minimum absolute atomic E-state index is 0.0177. The number of methoxy groups -OCH3 is 1. The Morgan fingerprint density at radius 2 is 1.82 bits per heavy atom. The second kappa shape index (κ2) is 9.17. The minimum Gasteiger partial charge on any atom is -0.497 e. The summed E-state index contributed by atoms with van der Waals surface area (Å²) in [6.07, 6.45) is 3.32. The van der Waals surface area contributed by atoms with E-state index in [1.807, 2.05) is 49.4 Å². The topological polar surface area (TPSA) is 72.0 Å². The summed E-state index contributed by atoms with van der Waals surface area (Å²) >= 11 is 0. The number of ether oxygens (including phenoxy) is 2. The highest BCUT2D eigenvalue weighted by Gasteiger charge is 2.30. The molecule has 2 aliphatic heterocycles. The molecule has 7 nitrogen and oxygen atoms in total. The van der Waals surface area contributed by atoms with Gasteiger partial charge in [-0.15, -0.1) is 0 Å². The first kappa shape index (κ1) is 21.9. The zero-order valence-electron chi connectivity index (χ0n) is 19.4. The number of aryl methyl sites for hydroxylation is 2. The molecule has 2 amide bonds. The quantitative estimate of drug-likeness (QED) is 0.578. The highest BCUT2D eigenvalue weighted by molar-refractivity contribution is 6.00. The van der Waals surface area contributed by atoms with Gasteiger partial charge in [-0.25, -0.2) is 4.98 Å². The molecule has 34 heavy (non-hydrogen) atoms. The molecule has 0 spiro atoms. The number of pyridine rings is 1. The molecule has 3 aromatic rings. The van der Waals surface area contributed by atoms with Gasteiger partial charge in [0.05, 0.1) is 13.3 Å². The SMILES string of the molecule is COc1ccc2c(c1)CN(C(=O)CN1C(=O)CCc3cc(Oc4ccccc4C)cnc31)CC2. The normalized spacial score (nSPS) is 14.9. The first-order valence-corrected chi connectivity index (χ1v) is 11.5. The summed E-state index contributed by atoms with van der Waals surface area (Å²) in [7, 11) is 1.64. The summed E-state index contributed by atoms with van der Waals surface area (Å²) in [5.74, 6) is 2.54. The average Bonchev–Trinajstić information content (AvgIpc) is 2.86. The molecule has 1 aromatic heterocycles. The van der Waals surface area contributed by atoms with Crippen LogP contribution in [0.25, 0.3) is 0 Å². The number of carbonyl (C=O) groups excluding carboxylic acids is 2. The van der Waals surface area contributed by atoms with Gasteiger partial charge in [0.25, 0.3) is 0 Å². The summed E-state index contributed by atoms with van der Waals surface area (Å²) in [5, 5.41) is 0. The van der Waals surface area contributed by atoms with Crippen molar-refractivity contribution < 1.29 is 19.1 Å². The van der Waals surface area contributed by atoms with E-state index in [2.05, 4.69) is 11.1 Å². The molecule has 2 aromatic carbocycles. The molecule has 0 aliphatic carbocycles. The van der Waals surface area contributed by atoms with Crippen LogP contribution in [0.15, 0.2) is 54.7 Å². The number of nitrogens with zero attached hydrogens (tertiary/aromatic N) is 3. The first-order chi connectivity index (χ1) is 16.5. The van der Waals surface area contributed by atoms with E-state index in [1.165, 1.54) is 10.5 Å². The maximum absolute atomic E-state index is 13.2. The van der Waals surface area contributed by atoms with Crippen LogP contribution in [0.2, 0.25) is 0 Å². The fourth-order valence-electron chi connectivity index (χ4n) is 4.53. The van der Waals surface area contributed by atoms with Crippen LogP contribution in [-0.4, -0.2) is 41.9 Å².